The summed E-state index contributed by atoms with van der Waals surface area (Å²) in [5.41, 5.74) is 3.18. The Kier molecular flexibility index (Phi) is 3.29. The Bertz CT molecular complexity index is 956. The van der Waals surface area contributed by atoms with Crippen molar-refractivity contribution in [2.75, 3.05) is 18.0 Å². The van der Waals surface area contributed by atoms with E-state index in [1.807, 2.05) is 24.5 Å². The van der Waals surface area contributed by atoms with E-state index in [0.29, 0.717) is 5.92 Å². The first-order chi connectivity index (χ1) is 12.3. The number of benzene rings is 1. The molecule has 25 heavy (non-hydrogen) atoms. The van der Waals surface area contributed by atoms with Crippen molar-refractivity contribution in [3.63, 3.8) is 0 Å². The smallest absolute Gasteiger partial charge is 0.203 e. The monoisotopic (exact) mass is 335 g/mol. The van der Waals surface area contributed by atoms with Gasteiger partial charge >= 0.3 is 0 Å². The van der Waals surface area contributed by atoms with Crippen LogP contribution in [0.2, 0.25) is 0 Å². The first kappa shape index (κ1) is 14.6. The molecule has 0 bridgehead atoms. The molecule has 0 spiro atoms. The lowest BCUT2D eigenvalue weighted by Crippen LogP contribution is -2.29. The molecule has 126 valence electrons. The highest BCUT2D eigenvalue weighted by Gasteiger charge is 2.29. The average Bonchev–Trinajstić information content (AvgIpc) is 3.41. The predicted octanol–water partition coefficient (Wildman–Crippen LogP) is 3.43. The average molecular weight is 335 g/mol. The maximum atomic E-state index is 13.1. The Balaban J connectivity index is 1.43. The van der Waals surface area contributed by atoms with Crippen LogP contribution in [0.15, 0.2) is 42.7 Å². The van der Waals surface area contributed by atoms with Gasteiger partial charge in [0.1, 0.15) is 11.6 Å². The molecular formula is C19H18FN5. The Morgan fingerprint density at radius 3 is 2.64 bits per heavy atom. The summed E-state index contributed by atoms with van der Waals surface area (Å²) in [7, 11) is 0. The molecule has 0 radical (unpaired) electrons. The second-order valence-corrected chi connectivity index (χ2v) is 6.71. The number of hydrogen-bond acceptors (Lipinski definition) is 4. The van der Waals surface area contributed by atoms with Gasteiger partial charge in [-0.3, -0.25) is 4.40 Å². The Morgan fingerprint density at radius 2 is 1.92 bits per heavy atom. The van der Waals surface area contributed by atoms with Gasteiger partial charge in [-0.1, -0.05) is 18.2 Å². The van der Waals surface area contributed by atoms with Gasteiger partial charge in [-0.05, 0) is 42.5 Å². The van der Waals surface area contributed by atoms with Crippen LogP contribution in [0.3, 0.4) is 0 Å². The number of anilines is 1. The Hall–Kier alpha value is -2.76. The predicted molar refractivity (Wildman–Crippen MR) is 94.0 cm³/mol. The van der Waals surface area contributed by atoms with Crippen LogP contribution in [0.1, 0.15) is 36.6 Å². The van der Waals surface area contributed by atoms with Gasteiger partial charge in [0, 0.05) is 31.4 Å². The van der Waals surface area contributed by atoms with Crippen LogP contribution in [-0.4, -0.2) is 32.7 Å². The lowest BCUT2D eigenvalue weighted by atomic mass is 9.99. The van der Waals surface area contributed by atoms with Gasteiger partial charge in [0.25, 0.3) is 0 Å². The lowest BCUT2D eigenvalue weighted by molar-refractivity contribution is 0.627. The summed E-state index contributed by atoms with van der Waals surface area (Å²) in [4.78, 5) is 6.79. The number of hydrogen-bond donors (Lipinski definition) is 0. The van der Waals surface area contributed by atoms with Crippen molar-refractivity contribution in [3.8, 4) is 0 Å². The van der Waals surface area contributed by atoms with Crippen LogP contribution >= 0.6 is 0 Å². The van der Waals surface area contributed by atoms with E-state index < -0.39 is 0 Å². The Labute approximate surface area is 144 Å². The largest absolute Gasteiger partial charge is 0.349 e. The number of rotatable bonds is 3. The maximum Gasteiger partial charge on any atom is 0.203 e. The van der Waals surface area contributed by atoms with Gasteiger partial charge < -0.3 is 4.90 Å². The van der Waals surface area contributed by atoms with E-state index >= 15 is 0 Å². The van der Waals surface area contributed by atoms with Crippen molar-refractivity contribution >= 4 is 17.0 Å². The van der Waals surface area contributed by atoms with Crippen LogP contribution in [0.25, 0.3) is 11.2 Å². The number of aromatic nitrogens is 4. The minimum absolute atomic E-state index is 0.198. The standard InChI is InChI=1S/C19H18FN5/c20-16-5-3-13(4-6-16)14-7-10-24(11-8-14)18-19-23-22-17(15-1-2-15)25(19)12-9-21-18/h3-7,9,12,15H,1-2,8,10-11H2. The van der Waals surface area contributed by atoms with Crippen LogP contribution < -0.4 is 4.90 Å². The zero-order valence-corrected chi connectivity index (χ0v) is 13.8. The minimum atomic E-state index is -0.198. The highest BCUT2D eigenvalue weighted by molar-refractivity contribution is 5.71. The maximum absolute atomic E-state index is 13.1. The zero-order valence-electron chi connectivity index (χ0n) is 13.8. The zero-order chi connectivity index (χ0) is 16.8. The molecule has 2 aromatic heterocycles. The Morgan fingerprint density at radius 1 is 1.08 bits per heavy atom. The van der Waals surface area contributed by atoms with E-state index in [1.165, 1.54) is 30.5 Å². The second-order valence-electron chi connectivity index (χ2n) is 6.71. The molecule has 0 atom stereocenters. The van der Waals surface area contributed by atoms with Gasteiger partial charge in [0.2, 0.25) is 5.65 Å². The van der Waals surface area contributed by atoms with Crippen molar-refractivity contribution in [2.24, 2.45) is 0 Å². The van der Waals surface area contributed by atoms with Crippen molar-refractivity contribution in [1.82, 2.24) is 19.6 Å². The summed E-state index contributed by atoms with van der Waals surface area (Å²) in [6, 6.07) is 6.72. The number of nitrogens with zero attached hydrogens (tertiary/aromatic N) is 5. The molecule has 0 N–H and O–H groups in total. The molecule has 3 heterocycles. The summed E-state index contributed by atoms with van der Waals surface area (Å²) in [5, 5.41) is 8.77. The summed E-state index contributed by atoms with van der Waals surface area (Å²) in [6.07, 6.45) is 9.28. The first-order valence-electron chi connectivity index (χ1n) is 8.69. The van der Waals surface area contributed by atoms with E-state index in [1.54, 1.807) is 0 Å². The summed E-state index contributed by atoms with van der Waals surface area (Å²) in [6.45, 7) is 1.63. The van der Waals surface area contributed by atoms with Gasteiger partial charge in [0.05, 0.1) is 0 Å². The van der Waals surface area contributed by atoms with Gasteiger partial charge in [0.15, 0.2) is 5.82 Å². The molecule has 1 aliphatic carbocycles. The molecule has 1 saturated carbocycles. The summed E-state index contributed by atoms with van der Waals surface area (Å²) in [5.74, 6) is 2.29. The van der Waals surface area contributed by atoms with Gasteiger partial charge in [-0.15, -0.1) is 10.2 Å². The fraction of sp³-hybridized carbons (Fsp3) is 0.316. The molecule has 1 aromatic carbocycles. The highest BCUT2D eigenvalue weighted by Crippen LogP contribution is 2.39. The van der Waals surface area contributed by atoms with Crippen molar-refractivity contribution in [2.45, 2.75) is 25.2 Å². The summed E-state index contributed by atoms with van der Waals surface area (Å²) < 4.78 is 15.2. The molecule has 1 fully saturated rings. The van der Waals surface area contributed by atoms with E-state index in [0.717, 1.165) is 42.4 Å². The molecule has 5 rings (SSSR count). The highest BCUT2D eigenvalue weighted by atomic mass is 19.1. The molecular weight excluding hydrogens is 317 g/mol. The quantitative estimate of drug-likeness (QED) is 0.736. The number of fused-ring (bicyclic) bond motifs is 1. The van der Waals surface area contributed by atoms with Crippen molar-refractivity contribution in [1.29, 1.82) is 0 Å². The minimum Gasteiger partial charge on any atom is -0.349 e. The fourth-order valence-electron chi connectivity index (χ4n) is 3.46. The molecule has 3 aromatic rings. The third kappa shape index (κ3) is 2.58. The molecule has 0 saturated heterocycles. The summed E-state index contributed by atoms with van der Waals surface area (Å²) >= 11 is 0. The van der Waals surface area contributed by atoms with E-state index in [9.17, 15) is 4.39 Å². The SMILES string of the molecule is Fc1ccc(C2=CCN(c3nccn4c(C5CC5)nnc34)CC2)cc1. The van der Waals surface area contributed by atoms with Crippen molar-refractivity contribution in [3.05, 3.63) is 59.9 Å². The topological polar surface area (TPSA) is 46.3 Å². The molecule has 2 aliphatic rings. The van der Waals surface area contributed by atoms with Crippen molar-refractivity contribution < 1.29 is 4.39 Å². The molecule has 6 heteroatoms. The van der Waals surface area contributed by atoms with Gasteiger partial charge in [-0.25, -0.2) is 9.37 Å². The second kappa shape index (κ2) is 5.65. The number of halogens is 1. The van der Waals surface area contributed by atoms with E-state index in [-0.39, 0.29) is 5.82 Å². The lowest BCUT2D eigenvalue weighted by Gasteiger charge is -2.27. The van der Waals surface area contributed by atoms with E-state index in [2.05, 4.69) is 30.6 Å². The molecule has 1 aliphatic heterocycles. The van der Waals surface area contributed by atoms with Crippen LogP contribution in [0.4, 0.5) is 10.2 Å². The normalized spacial score (nSPS) is 17.8. The van der Waals surface area contributed by atoms with E-state index in [4.69, 9.17) is 0 Å². The third-order valence-corrected chi connectivity index (χ3v) is 5.00. The van der Waals surface area contributed by atoms with Crippen LogP contribution in [0, 0.1) is 5.82 Å². The fourth-order valence-corrected chi connectivity index (χ4v) is 3.46. The molecule has 0 unspecified atom stereocenters. The van der Waals surface area contributed by atoms with Gasteiger partial charge in [-0.2, -0.15) is 0 Å². The molecule has 0 amide bonds. The van der Waals surface area contributed by atoms with Crippen LogP contribution in [-0.2, 0) is 0 Å². The molecule has 5 nitrogen and oxygen atoms in total. The third-order valence-electron chi connectivity index (χ3n) is 5.00. The van der Waals surface area contributed by atoms with Crippen LogP contribution in [0.5, 0.6) is 0 Å². The first-order valence-corrected chi connectivity index (χ1v) is 8.69.